The van der Waals surface area contributed by atoms with Crippen molar-refractivity contribution in [2.45, 2.75) is 26.0 Å². The molecule has 3 heterocycles. The van der Waals surface area contributed by atoms with Crippen molar-refractivity contribution in [3.8, 4) is 23.1 Å². The summed E-state index contributed by atoms with van der Waals surface area (Å²) in [4.78, 5) is 24.2. The van der Waals surface area contributed by atoms with Crippen molar-refractivity contribution in [2.24, 2.45) is 0 Å². The summed E-state index contributed by atoms with van der Waals surface area (Å²) >= 11 is 0. The maximum atomic E-state index is 13.9. The first-order valence-corrected chi connectivity index (χ1v) is 10.8. The van der Waals surface area contributed by atoms with Gasteiger partial charge in [-0.05, 0) is 61.9 Å². The minimum Gasteiger partial charge on any atom is -0.495 e. The summed E-state index contributed by atoms with van der Waals surface area (Å²) in [7, 11) is 4.58. The van der Waals surface area contributed by atoms with Crippen LogP contribution in [0.4, 0.5) is 5.82 Å². The van der Waals surface area contributed by atoms with Crippen molar-refractivity contribution < 1.29 is 23.7 Å². The first kappa shape index (κ1) is 23.1. The van der Waals surface area contributed by atoms with Crippen molar-refractivity contribution in [1.82, 2.24) is 9.97 Å². The van der Waals surface area contributed by atoms with Gasteiger partial charge in [0, 0.05) is 12.4 Å². The monoisotopic (exact) mass is 461 g/mol. The number of carbonyl (C=O) groups excluding carboxylic acids is 1. The van der Waals surface area contributed by atoms with Crippen LogP contribution >= 0.6 is 0 Å². The Balaban J connectivity index is 1.80. The van der Waals surface area contributed by atoms with Gasteiger partial charge < -0.3 is 18.9 Å². The second-order valence-electron chi connectivity index (χ2n) is 8.23. The summed E-state index contributed by atoms with van der Waals surface area (Å²) in [5.41, 5.74) is 1.50. The van der Waals surface area contributed by atoms with Gasteiger partial charge in [0.05, 0.1) is 39.0 Å². The number of hydrogen-bond acceptors (Lipinski definition) is 7. The van der Waals surface area contributed by atoms with Gasteiger partial charge in [-0.3, -0.25) is 14.7 Å². The van der Waals surface area contributed by atoms with Crippen LogP contribution < -0.4 is 23.8 Å². The quantitative estimate of drug-likeness (QED) is 0.511. The van der Waals surface area contributed by atoms with Crippen molar-refractivity contribution in [2.75, 3.05) is 26.2 Å². The molecule has 0 unspecified atom stereocenters. The molecule has 0 fully saturated rings. The molecule has 1 aliphatic rings. The largest absolute Gasteiger partial charge is 0.495 e. The van der Waals surface area contributed by atoms with Gasteiger partial charge in [0.15, 0.2) is 5.75 Å². The number of anilines is 1. The topological polar surface area (TPSA) is 83.0 Å². The Morgan fingerprint density at radius 3 is 2.56 bits per heavy atom. The number of methoxy groups -OCH3 is 3. The van der Waals surface area contributed by atoms with E-state index in [2.05, 4.69) is 9.97 Å². The maximum Gasteiger partial charge on any atom is 0.263 e. The summed E-state index contributed by atoms with van der Waals surface area (Å²) in [5.74, 6) is 1.95. The molecule has 0 spiro atoms. The lowest BCUT2D eigenvalue weighted by molar-refractivity contribution is 0.0981. The number of carbonyl (C=O) groups is 1. The molecule has 3 aromatic rings. The zero-order valence-electron chi connectivity index (χ0n) is 19.9. The number of amides is 1. The molecular weight excluding hydrogens is 434 g/mol. The number of fused-ring (bicyclic) bond motifs is 1. The standard InChI is InChI=1S/C26H27N3O5/c1-26(2)13-12-18-20(34-26)9-8-19(23(18)32-4)25(30)29(16-17-7-6-14-27-15-17)22-11-10-21(31-3)24(28-22)33-5/h6-15H,16H2,1-5H3. The number of nitrogens with zero attached hydrogens (tertiary/aromatic N) is 3. The van der Waals surface area contributed by atoms with Crippen LogP contribution in [0, 0.1) is 0 Å². The van der Waals surface area contributed by atoms with E-state index in [1.54, 1.807) is 48.7 Å². The Morgan fingerprint density at radius 1 is 1.06 bits per heavy atom. The smallest absolute Gasteiger partial charge is 0.263 e. The van der Waals surface area contributed by atoms with Gasteiger partial charge in [0.2, 0.25) is 0 Å². The Morgan fingerprint density at radius 2 is 1.88 bits per heavy atom. The molecule has 0 bridgehead atoms. The van der Waals surface area contributed by atoms with E-state index in [9.17, 15) is 4.79 Å². The normalized spacial score (nSPS) is 13.4. The third kappa shape index (κ3) is 4.52. The van der Waals surface area contributed by atoms with E-state index in [4.69, 9.17) is 18.9 Å². The maximum absolute atomic E-state index is 13.9. The highest BCUT2D eigenvalue weighted by Crippen LogP contribution is 2.40. The second kappa shape index (κ2) is 9.43. The average molecular weight is 462 g/mol. The van der Waals surface area contributed by atoms with E-state index in [1.807, 2.05) is 38.1 Å². The van der Waals surface area contributed by atoms with Gasteiger partial charge in [-0.1, -0.05) is 6.07 Å². The van der Waals surface area contributed by atoms with Gasteiger partial charge in [0.1, 0.15) is 22.9 Å². The number of rotatable bonds is 7. The molecule has 0 N–H and O–H groups in total. The molecule has 1 aromatic carbocycles. The number of benzene rings is 1. The van der Waals surface area contributed by atoms with Crippen LogP contribution in [0.2, 0.25) is 0 Å². The predicted molar refractivity (Wildman–Crippen MR) is 129 cm³/mol. The van der Waals surface area contributed by atoms with E-state index in [-0.39, 0.29) is 18.3 Å². The second-order valence-corrected chi connectivity index (χ2v) is 8.23. The summed E-state index contributed by atoms with van der Waals surface area (Å²) in [5, 5.41) is 0. The first-order chi connectivity index (χ1) is 16.4. The van der Waals surface area contributed by atoms with Gasteiger partial charge in [0.25, 0.3) is 11.8 Å². The Labute approximate surface area is 198 Å². The molecule has 4 rings (SSSR count). The third-order valence-electron chi connectivity index (χ3n) is 5.42. The van der Waals surface area contributed by atoms with Crippen molar-refractivity contribution in [1.29, 1.82) is 0 Å². The lowest BCUT2D eigenvalue weighted by Gasteiger charge is -2.30. The highest BCUT2D eigenvalue weighted by molar-refractivity contribution is 6.08. The number of pyridine rings is 2. The van der Waals surface area contributed by atoms with Crippen LogP contribution in [0.1, 0.15) is 35.3 Å². The van der Waals surface area contributed by atoms with Crippen LogP contribution in [0.15, 0.2) is 54.9 Å². The number of ether oxygens (including phenoxy) is 4. The van der Waals surface area contributed by atoms with Crippen LogP contribution in [-0.2, 0) is 6.54 Å². The molecule has 2 aromatic heterocycles. The predicted octanol–water partition coefficient (Wildman–Crippen LogP) is 4.53. The lowest BCUT2D eigenvalue weighted by atomic mass is 9.99. The molecule has 0 radical (unpaired) electrons. The van der Waals surface area contributed by atoms with Gasteiger partial charge in [-0.25, -0.2) is 0 Å². The van der Waals surface area contributed by atoms with Crippen LogP contribution in [0.25, 0.3) is 6.08 Å². The highest BCUT2D eigenvalue weighted by Gasteiger charge is 2.29. The molecule has 34 heavy (non-hydrogen) atoms. The molecule has 0 aliphatic carbocycles. The van der Waals surface area contributed by atoms with E-state index >= 15 is 0 Å². The number of hydrogen-bond donors (Lipinski definition) is 0. The third-order valence-corrected chi connectivity index (χ3v) is 5.42. The van der Waals surface area contributed by atoms with Crippen molar-refractivity contribution in [3.63, 3.8) is 0 Å². The van der Waals surface area contributed by atoms with E-state index in [0.29, 0.717) is 34.2 Å². The number of aromatic nitrogens is 2. The lowest BCUT2D eigenvalue weighted by Crippen LogP contribution is -2.32. The van der Waals surface area contributed by atoms with Crippen LogP contribution in [-0.4, -0.2) is 42.8 Å². The fraction of sp³-hybridized carbons (Fsp3) is 0.269. The van der Waals surface area contributed by atoms with Crippen LogP contribution in [0.3, 0.4) is 0 Å². The molecule has 0 saturated heterocycles. The molecule has 8 heteroatoms. The highest BCUT2D eigenvalue weighted by atomic mass is 16.5. The van der Waals surface area contributed by atoms with E-state index in [0.717, 1.165) is 5.56 Å². The molecule has 176 valence electrons. The van der Waals surface area contributed by atoms with Crippen molar-refractivity contribution in [3.05, 3.63) is 71.6 Å². The van der Waals surface area contributed by atoms with Gasteiger partial charge in [-0.2, -0.15) is 4.98 Å². The Kier molecular flexibility index (Phi) is 6.40. The molecular formula is C26H27N3O5. The molecule has 1 amide bonds. The van der Waals surface area contributed by atoms with Crippen molar-refractivity contribution >= 4 is 17.8 Å². The zero-order valence-corrected chi connectivity index (χ0v) is 19.9. The van der Waals surface area contributed by atoms with Gasteiger partial charge in [-0.15, -0.1) is 0 Å². The molecule has 8 nitrogen and oxygen atoms in total. The molecule has 1 aliphatic heterocycles. The van der Waals surface area contributed by atoms with Crippen LogP contribution in [0.5, 0.6) is 23.1 Å². The fourth-order valence-electron chi connectivity index (χ4n) is 3.76. The first-order valence-electron chi connectivity index (χ1n) is 10.8. The fourth-order valence-corrected chi connectivity index (χ4v) is 3.76. The summed E-state index contributed by atoms with van der Waals surface area (Å²) in [6, 6.07) is 10.7. The summed E-state index contributed by atoms with van der Waals surface area (Å²) in [6.07, 6.45) is 7.26. The Bertz CT molecular complexity index is 1220. The average Bonchev–Trinajstić information content (AvgIpc) is 2.85. The van der Waals surface area contributed by atoms with Gasteiger partial charge >= 0.3 is 0 Å². The van der Waals surface area contributed by atoms with E-state index < -0.39 is 5.60 Å². The summed E-state index contributed by atoms with van der Waals surface area (Å²) < 4.78 is 22.4. The SMILES string of the molecule is COc1ccc(N(Cc2cccnc2)C(=O)c2ccc3c(c2OC)C=CC(C)(C)O3)nc1OC. The minimum absolute atomic E-state index is 0.245. The Hall–Kier alpha value is -4.07. The van der Waals surface area contributed by atoms with E-state index in [1.165, 1.54) is 14.2 Å². The molecule has 0 saturated carbocycles. The molecule has 0 atom stereocenters. The summed E-state index contributed by atoms with van der Waals surface area (Å²) in [6.45, 7) is 4.18. The minimum atomic E-state index is -0.445. The zero-order chi connectivity index (χ0) is 24.3.